The van der Waals surface area contributed by atoms with E-state index in [1.807, 2.05) is 12.2 Å². The highest BCUT2D eigenvalue weighted by atomic mass is 16.4. The molecule has 0 heterocycles. The van der Waals surface area contributed by atoms with Crippen LogP contribution in [0.2, 0.25) is 0 Å². The number of allylic oxidation sites excluding steroid dienone is 2. The maximum atomic E-state index is 10.5. The molecular formula is C10H14O4. The van der Waals surface area contributed by atoms with E-state index in [1.54, 1.807) is 0 Å². The van der Waals surface area contributed by atoms with Crippen molar-refractivity contribution in [3.63, 3.8) is 0 Å². The van der Waals surface area contributed by atoms with Crippen molar-refractivity contribution in [1.82, 2.24) is 0 Å². The van der Waals surface area contributed by atoms with Gasteiger partial charge < -0.3 is 10.2 Å². The third kappa shape index (κ3) is 3.20. The second kappa shape index (κ2) is 4.79. The molecule has 0 aliphatic heterocycles. The summed E-state index contributed by atoms with van der Waals surface area (Å²) >= 11 is 0. The Morgan fingerprint density at radius 1 is 1.00 bits per heavy atom. The lowest BCUT2D eigenvalue weighted by molar-refractivity contribution is -0.142. The molecule has 4 heteroatoms. The molecule has 0 aromatic rings. The van der Waals surface area contributed by atoms with Crippen molar-refractivity contribution in [2.45, 2.75) is 25.7 Å². The lowest BCUT2D eigenvalue weighted by Gasteiger charge is -2.25. The van der Waals surface area contributed by atoms with E-state index < -0.39 is 11.9 Å². The number of carbonyl (C=O) groups is 2. The number of rotatable bonds is 4. The summed E-state index contributed by atoms with van der Waals surface area (Å²) in [5.41, 5.74) is 0. The maximum Gasteiger partial charge on any atom is 0.303 e. The summed E-state index contributed by atoms with van der Waals surface area (Å²) in [6.07, 6.45) is 5.39. The highest BCUT2D eigenvalue weighted by Gasteiger charge is 2.26. The molecule has 4 nitrogen and oxygen atoms in total. The molecule has 0 fully saturated rings. The van der Waals surface area contributed by atoms with Crippen molar-refractivity contribution in [2.75, 3.05) is 0 Å². The Morgan fingerprint density at radius 3 is 1.64 bits per heavy atom. The van der Waals surface area contributed by atoms with Gasteiger partial charge >= 0.3 is 11.9 Å². The van der Waals surface area contributed by atoms with E-state index in [9.17, 15) is 9.59 Å². The minimum Gasteiger partial charge on any atom is -0.481 e. The number of carboxylic acid groups (broad SMARTS) is 2. The highest BCUT2D eigenvalue weighted by molar-refractivity contribution is 5.68. The quantitative estimate of drug-likeness (QED) is 0.671. The topological polar surface area (TPSA) is 74.6 Å². The molecule has 2 atom stereocenters. The number of aliphatic carboxylic acids is 2. The predicted molar refractivity (Wildman–Crippen MR) is 49.9 cm³/mol. The first kappa shape index (κ1) is 10.8. The van der Waals surface area contributed by atoms with Crippen molar-refractivity contribution in [3.05, 3.63) is 12.2 Å². The standard InChI is InChI=1S/C10H14O4/c11-9(12)5-7-3-1-2-4-8(7)6-10(13)14/h1-2,7-8H,3-6H2,(H,11,12)(H,13,14)/t7-,8-/m0/s1. The molecule has 0 aromatic carbocycles. The molecule has 0 spiro atoms. The van der Waals surface area contributed by atoms with E-state index in [4.69, 9.17) is 10.2 Å². The minimum atomic E-state index is -0.847. The van der Waals surface area contributed by atoms with Gasteiger partial charge in [0.1, 0.15) is 0 Å². The first-order valence-corrected chi connectivity index (χ1v) is 4.68. The summed E-state index contributed by atoms with van der Waals surface area (Å²) in [5.74, 6) is -1.73. The normalized spacial score (nSPS) is 26.0. The van der Waals surface area contributed by atoms with E-state index in [0.29, 0.717) is 12.8 Å². The fourth-order valence-electron chi connectivity index (χ4n) is 1.88. The number of carboxylic acids is 2. The molecule has 1 rings (SSSR count). The summed E-state index contributed by atoms with van der Waals surface area (Å²) in [7, 11) is 0. The van der Waals surface area contributed by atoms with Crippen LogP contribution in [0.3, 0.4) is 0 Å². The highest BCUT2D eigenvalue weighted by Crippen LogP contribution is 2.30. The van der Waals surface area contributed by atoms with Crippen LogP contribution in [0.4, 0.5) is 0 Å². The fourth-order valence-corrected chi connectivity index (χ4v) is 1.88. The zero-order chi connectivity index (χ0) is 10.6. The third-order valence-electron chi connectivity index (χ3n) is 2.58. The Bertz CT molecular complexity index is 231. The average Bonchev–Trinajstić information content (AvgIpc) is 2.06. The van der Waals surface area contributed by atoms with Gasteiger partial charge in [-0.1, -0.05) is 12.2 Å². The molecule has 0 radical (unpaired) electrons. The van der Waals surface area contributed by atoms with Crippen molar-refractivity contribution in [2.24, 2.45) is 11.8 Å². The maximum absolute atomic E-state index is 10.5. The first-order chi connectivity index (χ1) is 6.59. The van der Waals surface area contributed by atoms with Gasteiger partial charge in [-0.25, -0.2) is 0 Å². The van der Waals surface area contributed by atoms with Crippen molar-refractivity contribution in [1.29, 1.82) is 0 Å². The number of hydrogen-bond acceptors (Lipinski definition) is 2. The van der Waals surface area contributed by atoms with Gasteiger partial charge in [0.15, 0.2) is 0 Å². The van der Waals surface area contributed by atoms with E-state index >= 15 is 0 Å². The van der Waals surface area contributed by atoms with Crippen LogP contribution in [0.1, 0.15) is 25.7 Å². The van der Waals surface area contributed by atoms with E-state index in [-0.39, 0.29) is 24.7 Å². The van der Waals surface area contributed by atoms with Crippen LogP contribution in [0.5, 0.6) is 0 Å². The van der Waals surface area contributed by atoms with Crippen LogP contribution in [0.15, 0.2) is 12.2 Å². The lowest BCUT2D eigenvalue weighted by atomic mass is 9.79. The SMILES string of the molecule is O=C(O)C[C@@H]1CC=CC[C@H]1CC(=O)O. The van der Waals surface area contributed by atoms with Crippen molar-refractivity contribution >= 4 is 11.9 Å². The van der Waals surface area contributed by atoms with Gasteiger partial charge in [-0.3, -0.25) is 9.59 Å². The van der Waals surface area contributed by atoms with Crippen molar-refractivity contribution in [3.8, 4) is 0 Å². The van der Waals surface area contributed by atoms with Crippen LogP contribution in [-0.4, -0.2) is 22.2 Å². The molecule has 0 saturated carbocycles. The van der Waals surface area contributed by atoms with Gasteiger partial charge in [-0.2, -0.15) is 0 Å². The van der Waals surface area contributed by atoms with E-state index in [0.717, 1.165) is 0 Å². The zero-order valence-electron chi connectivity index (χ0n) is 7.85. The molecular weight excluding hydrogens is 184 g/mol. The molecule has 2 N–H and O–H groups in total. The number of hydrogen-bond donors (Lipinski definition) is 2. The largest absolute Gasteiger partial charge is 0.481 e. The molecule has 0 aromatic heterocycles. The summed E-state index contributed by atoms with van der Waals surface area (Å²) in [6.45, 7) is 0. The second-order valence-corrected chi connectivity index (χ2v) is 3.66. The molecule has 1 aliphatic rings. The lowest BCUT2D eigenvalue weighted by Crippen LogP contribution is -2.22. The van der Waals surface area contributed by atoms with Gasteiger partial charge in [-0.15, -0.1) is 0 Å². The zero-order valence-corrected chi connectivity index (χ0v) is 7.85. The van der Waals surface area contributed by atoms with Crippen LogP contribution >= 0.6 is 0 Å². The monoisotopic (exact) mass is 198 g/mol. The van der Waals surface area contributed by atoms with Gasteiger partial charge in [0.2, 0.25) is 0 Å². The molecule has 14 heavy (non-hydrogen) atoms. The first-order valence-electron chi connectivity index (χ1n) is 4.68. The molecule has 78 valence electrons. The minimum absolute atomic E-state index is 0.0198. The molecule has 0 unspecified atom stereocenters. The van der Waals surface area contributed by atoms with Gasteiger partial charge in [0.05, 0.1) is 0 Å². The Balaban J connectivity index is 2.55. The molecule has 0 bridgehead atoms. The van der Waals surface area contributed by atoms with Gasteiger partial charge in [0.25, 0.3) is 0 Å². The summed E-state index contributed by atoms with van der Waals surface area (Å²) in [5, 5.41) is 17.3. The summed E-state index contributed by atoms with van der Waals surface area (Å²) in [6, 6.07) is 0. The Kier molecular flexibility index (Phi) is 3.68. The molecule has 1 aliphatic carbocycles. The molecule has 0 amide bonds. The Labute approximate surface area is 82.2 Å². The van der Waals surface area contributed by atoms with Crippen LogP contribution in [0.25, 0.3) is 0 Å². The van der Waals surface area contributed by atoms with E-state index in [1.165, 1.54) is 0 Å². The predicted octanol–water partition coefficient (Wildman–Crippen LogP) is 1.52. The van der Waals surface area contributed by atoms with E-state index in [2.05, 4.69) is 0 Å². The van der Waals surface area contributed by atoms with Crippen LogP contribution in [0, 0.1) is 11.8 Å². The van der Waals surface area contributed by atoms with Crippen molar-refractivity contribution < 1.29 is 19.8 Å². The summed E-state index contributed by atoms with van der Waals surface area (Å²) in [4.78, 5) is 21.1. The van der Waals surface area contributed by atoms with Crippen LogP contribution in [-0.2, 0) is 9.59 Å². The Morgan fingerprint density at radius 2 is 1.36 bits per heavy atom. The Hall–Kier alpha value is -1.32. The fraction of sp³-hybridized carbons (Fsp3) is 0.600. The van der Waals surface area contributed by atoms with Gasteiger partial charge in [0, 0.05) is 12.8 Å². The average molecular weight is 198 g/mol. The van der Waals surface area contributed by atoms with Crippen LogP contribution < -0.4 is 0 Å². The molecule has 0 saturated heterocycles. The van der Waals surface area contributed by atoms with Gasteiger partial charge in [-0.05, 0) is 24.7 Å². The summed E-state index contributed by atoms with van der Waals surface area (Å²) < 4.78 is 0. The third-order valence-corrected chi connectivity index (χ3v) is 2.58. The second-order valence-electron chi connectivity index (χ2n) is 3.66. The smallest absolute Gasteiger partial charge is 0.303 e.